The molecule has 0 spiro atoms. The molecule has 3 aromatic carbocycles. The van der Waals surface area contributed by atoms with Crippen molar-refractivity contribution < 1.29 is 18.7 Å². The van der Waals surface area contributed by atoms with E-state index in [4.69, 9.17) is 9.15 Å². The Kier molecular flexibility index (Phi) is 5.75. The van der Waals surface area contributed by atoms with E-state index in [9.17, 15) is 14.9 Å². The summed E-state index contributed by atoms with van der Waals surface area (Å²) in [5.74, 6) is -0.898. The summed E-state index contributed by atoms with van der Waals surface area (Å²) in [5, 5.41) is 13.0. The average Bonchev–Trinajstić information content (AvgIpc) is 3.53. The minimum Gasteiger partial charge on any atom is -0.452 e. The fraction of sp³-hybridized carbons (Fsp3) is 0.103. The predicted octanol–water partition coefficient (Wildman–Crippen LogP) is 5.99. The number of carbonyl (C=O) groups excluding carboxylic acids is 2. The number of esters is 1. The highest BCUT2D eigenvalue weighted by Gasteiger charge is 2.26. The van der Waals surface area contributed by atoms with E-state index in [0.717, 1.165) is 28.8 Å². The number of nitriles is 1. The summed E-state index contributed by atoms with van der Waals surface area (Å²) in [6, 6.07) is 24.4. The van der Waals surface area contributed by atoms with Crippen molar-refractivity contribution in [1.29, 1.82) is 5.26 Å². The molecule has 0 aliphatic heterocycles. The molecular formula is C29H19N3O4S. The van der Waals surface area contributed by atoms with Crippen molar-refractivity contribution in [2.45, 2.75) is 12.8 Å². The van der Waals surface area contributed by atoms with Gasteiger partial charge in [-0.05, 0) is 53.8 Å². The number of rotatable bonds is 5. The van der Waals surface area contributed by atoms with Crippen molar-refractivity contribution in [3.8, 4) is 28.0 Å². The van der Waals surface area contributed by atoms with E-state index in [1.165, 1.54) is 16.9 Å². The predicted molar refractivity (Wildman–Crippen MR) is 140 cm³/mol. The molecule has 6 rings (SSSR count). The summed E-state index contributed by atoms with van der Waals surface area (Å²) >= 11 is 1.37. The number of nitrogens with zero attached hydrogens (tertiary/aromatic N) is 2. The first-order valence-electron chi connectivity index (χ1n) is 11.7. The first kappa shape index (κ1) is 22.7. The summed E-state index contributed by atoms with van der Waals surface area (Å²) in [6.07, 6.45) is 1.59. The van der Waals surface area contributed by atoms with Gasteiger partial charge in [0.25, 0.3) is 5.91 Å². The molecule has 1 N–H and O–H groups in total. The van der Waals surface area contributed by atoms with Gasteiger partial charge in [-0.25, -0.2) is 9.78 Å². The SMILES string of the molecule is N#Cc1c(NC(=O)COC(=O)c2ccccc2-c2nc3ccccc3o2)sc2c1CCc1ccccc1-2. The highest BCUT2D eigenvalue weighted by molar-refractivity contribution is 7.20. The third kappa shape index (κ3) is 4.15. The van der Waals surface area contributed by atoms with Crippen LogP contribution >= 0.6 is 11.3 Å². The van der Waals surface area contributed by atoms with E-state index in [2.05, 4.69) is 22.4 Å². The summed E-state index contributed by atoms with van der Waals surface area (Å²) < 4.78 is 11.1. The molecule has 0 bridgehead atoms. The molecule has 0 unspecified atom stereocenters. The van der Waals surface area contributed by atoms with Gasteiger partial charge in [0.05, 0.1) is 16.7 Å². The Morgan fingerprint density at radius 1 is 1.00 bits per heavy atom. The molecule has 0 fully saturated rings. The number of hydrogen-bond acceptors (Lipinski definition) is 7. The largest absolute Gasteiger partial charge is 0.452 e. The first-order valence-corrected chi connectivity index (χ1v) is 12.5. The Hall–Kier alpha value is -4.74. The lowest BCUT2D eigenvalue weighted by molar-refractivity contribution is -0.119. The van der Waals surface area contributed by atoms with Crippen LogP contribution in [0.1, 0.15) is 27.0 Å². The van der Waals surface area contributed by atoms with Crippen LogP contribution in [-0.2, 0) is 22.4 Å². The number of hydrogen-bond donors (Lipinski definition) is 1. The lowest BCUT2D eigenvalue weighted by Gasteiger charge is -2.15. The van der Waals surface area contributed by atoms with Crippen molar-refractivity contribution in [2.75, 3.05) is 11.9 Å². The third-order valence-electron chi connectivity index (χ3n) is 6.28. The standard InChI is InChI=1S/C29H19N3O4S/c30-15-22-19-14-13-17-7-1-2-8-18(17)26(19)37-28(22)32-25(33)16-35-29(34)21-10-4-3-9-20(21)27-31-23-11-5-6-12-24(23)36-27/h1-12H,13-14,16H2,(H,32,33). The van der Waals surface area contributed by atoms with Crippen LogP contribution in [0.4, 0.5) is 5.00 Å². The quantitative estimate of drug-likeness (QED) is 0.294. The molecule has 2 heterocycles. The van der Waals surface area contributed by atoms with Crippen molar-refractivity contribution in [3.05, 3.63) is 95.1 Å². The van der Waals surface area contributed by atoms with E-state index in [1.54, 1.807) is 30.3 Å². The molecule has 1 aliphatic carbocycles. The Morgan fingerprint density at radius 2 is 1.76 bits per heavy atom. The van der Waals surface area contributed by atoms with Crippen LogP contribution in [0.5, 0.6) is 0 Å². The normalized spacial score (nSPS) is 11.9. The number of aromatic nitrogens is 1. The molecule has 5 aromatic rings. The molecule has 0 saturated heterocycles. The Labute approximate surface area is 216 Å². The Balaban J connectivity index is 1.19. The van der Waals surface area contributed by atoms with E-state index >= 15 is 0 Å². The van der Waals surface area contributed by atoms with Crippen molar-refractivity contribution >= 4 is 39.3 Å². The second kappa shape index (κ2) is 9.37. The summed E-state index contributed by atoms with van der Waals surface area (Å²) in [4.78, 5) is 31.1. The zero-order chi connectivity index (χ0) is 25.4. The van der Waals surface area contributed by atoms with E-state index in [-0.39, 0.29) is 5.56 Å². The summed E-state index contributed by atoms with van der Waals surface area (Å²) in [5.41, 5.74) is 5.73. The van der Waals surface area contributed by atoms with E-state index in [0.29, 0.717) is 33.1 Å². The van der Waals surface area contributed by atoms with Crippen LogP contribution in [0, 0.1) is 11.3 Å². The van der Waals surface area contributed by atoms with Crippen LogP contribution in [0.15, 0.2) is 77.2 Å². The van der Waals surface area contributed by atoms with Crippen molar-refractivity contribution in [2.24, 2.45) is 0 Å². The third-order valence-corrected chi connectivity index (χ3v) is 7.46. The Bertz CT molecular complexity index is 1690. The van der Waals surface area contributed by atoms with Gasteiger partial charge in [0.1, 0.15) is 16.6 Å². The minimum absolute atomic E-state index is 0.239. The molecule has 1 aliphatic rings. The molecular weight excluding hydrogens is 486 g/mol. The lowest BCUT2D eigenvalue weighted by Crippen LogP contribution is -2.21. The number of amides is 1. The van der Waals surface area contributed by atoms with Crippen LogP contribution in [0.2, 0.25) is 0 Å². The number of ether oxygens (including phenoxy) is 1. The van der Waals surface area contributed by atoms with E-state index in [1.807, 2.05) is 36.4 Å². The Morgan fingerprint density at radius 3 is 2.59 bits per heavy atom. The van der Waals surface area contributed by atoms with Gasteiger partial charge in [-0.3, -0.25) is 4.79 Å². The number of benzene rings is 3. The van der Waals surface area contributed by atoms with Gasteiger partial charge in [-0.15, -0.1) is 11.3 Å². The summed E-state index contributed by atoms with van der Waals surface area (Å²) in [7, 11) is 0. The fourth-order valence-corrected chi connectivity index (χ4v) is 5.83. The molecule has 0 atom stereocenters. The van der Waals surface area contributed by atoms with Gasteiger partial charge in [0.15, 0.2) is 12.2 Å². The minimum atomic E-state index is -0.673. The van der Waals surface area contributed by atoms with Crippen LogP contribution in [-0.4, -0.2) is 23.5 Å². The number of oxazole rings is 1. The number of carbonyl (C=O) groups is 2. The van der Waals surface area contributed by atoms with Gasteiger partial charge < -0.3 is 14.5 Å². The molecule has 8 heteroatoms. The smallest absolute Gasteiger partial charge is 0.339 e. The second-order valence-corrected chi connectivity index (χ2v) is 9.56. The zero-order valence-electron chi connectivity index (χ0n) is 19.5. The number of para-hydroxylation sites is 2. The number of fused-ring (bicyclic) bond motifs is 4. The van der Waals surface area contributed by atoms with Gasteiger partial charge in [-0.2, -0.15) is 5.26 Å². The van der Waals surface area contributed by atoms with Gasteiger partial charge in [0, 0.05) is 4.88 Å². The molecule has 1 amide bonds. The number of anilines is 1. The number of nitrogens with one attached hydrogen (secondary N) is 1. The maximum atomic E-state index is 12.9. The number of thiophene rings is 1. The van der Waals surface area contributed by atoms with Gasteiger partial charge in [-0.1, -0.05) is 48.5 Å². The summed E-state index contributed by atoms with van der Waals surface area (Å²) in [6.45, 7) is -0.495. The van der Waals surface area contributed by atoms with E-state index < -0.39 is 18.5 Å². The van der Waals surface area contributed by atoms with Crippen LogP contribution in [0.25, 0.3) is 33.0 Å². The van der Waals surface area contributed by atoms with Gasteiger partial charge in [0.2, 0.25) is 5.89 Å². The highest BCUT2D eigenvalue weighted by Crippen LogP contribution is 2.44. The zero-order valence-corrected chi connectivity index (χ0v) is 20.3. The fourth-order valence-electron chi connectivity index (χ4n) is 4.55. The lowest BCUT2D eigenvalue weighted by atomic mass is 9.90. The first-order chi connectivity index (χ1) is 18.1. The molecule has 37 heavy (non-hydrogen) atoms. The van der Waals surface area contributed by atoms with Crippen molar-refractivity contribution in [1.82, 2.24) is 4.98 Å². The highest BCUT2D eigenvalue weighted by atomic mass is 32.1. The second-order valence-electron chi connectivity index (χ2n) is 8.54. The van der Waals surface area contributed by atoms with Crippen LogP contribution in [0.3, 0.4) is 0 Å². The molecule has 0 radical (unpaired) electrons. The van der Waals surface area contributed by atoms with Crippen molar-refractivity contribution in [3.63, 3.8) is 0 Å². The molecule has 7 nitrogen and oxygen atoms in total. The molecule has 2 aromatic heterocycles. The molecule has 0 saturated carbocycles. The maximum Gasteiger partial charge on any atom is 0.339 e. The van der Waals surface area contributed by atoms with Crippen LogP contribution < -0.4 is 5.32 Å². The monoisotopic (exact) mass is 505 g/mol. The average molecular weight is 506 g/mol. The molecule has 180 valence electrons. The maximum absolute atomic E-state index is 12.9. The van der Waals surface area contributed by atoms with Gasteiger partial charge >= 0.3 is 5.97 Å². The topological polar surface area (TPSA) is 105 Å². The number of aryl methyl sites for hydroxylation is 1.